The maximum absolute atomic E-state index is 5.50. The largest absolute Gasteiger partial charge is 0.379 e. The Morgan fingerprint density at radius 2 is 2.09 bits per heavy atom. The van der Waals surface area contributed by atoms with E-state index in [0.717, 1.165) is 6.54 Å². The van der Waals surface area contributed by atoms with Gasteiger partial charge in [0.05, 0.1) is 0 Å². The van der Waals surface area contributed by atoms with E-state index in [9.17, 15) is 0 Å². The van der Waals surface area contributed by atoms with Crippen LogP contribution in [0.15, 0.2) is 4.99 Å². The molecule has 0 spiro atoms. The van der Waals surface area contributed by atoms with Gasteiger partial charge in [0.15, 0.2) is 5.17 Å². The van der Waals surface area contributed by atoms with Crippen LogP contribution >= 0.6 is 11.8 Å². The summed E-state index contributed by atoms with van der Waals surface area (Å²) in [6, 6.07) is 0. The Morgan fingerprint density at radius 1 is 1.36 bits per heavy atom. The Balaban J connectivity index is 3.12. The van der Waals surface area contributed by atoms with Crippen LogP contribution in [0, 0.1) is 0 Å². The van der Waals surface area contributed by atoms with E-state index < -0.39 is 0 Å². The van der Waals surface area contributed by atoms with Gasteiger partial charge in [0.1, 0.15) is 0 Å². The SMILES string of the molecule is CCCCCCN=C(N)SC. The predicted octanol–water partition coefficient (Wildman–Crippen LogP) is 2.24. The zero-order valence-corrected chi connectivity index (χ0v) is 8.28. The van der Waals surface area contributed by atoms with Crippen molar-refractivity contribution in [2.45, 2.75) is 32.6 Å². The highest BCUT2D eigenvalue weighted by molar-refractivity contribution is 8.13. The summed E-state index contributed by atoms with van der Waals surface area (Å²) in [4.78, 5) is 4.17. The van der Waals surface area contributed by atoms with Crippen molar-refractivity contribution in [1.29, 1.82) is 0 Å². The number of nitrogens with zero attached hydrogens (tertiary/aromatic N) is 1. The van der Waals surface area contributed by atoms with Crippen LogP contribution in [0.25, 0.3) is 0 Å². The van der Waals surface area contributed by atoms with Crippen LogP contribution in [-0.2, 0) is 0 Å². The molecule has 0 aromatic heterocycles. The van der Waals surface area contributed by atoms with Crippen LogP contribution in [0.2, 0.25) is 0 Å². The highest BCUT2D eigenvalue weighted by Crippen LogP contribution is 1.99. The predicted molar refractivity (Wildman–Crippen MR) is 54.1 cm³/mol. The molecule has 11 heavy (non-hydrogen) atoms. The zero-order valence-electron chi connectivity index (χ0n) is 7.47. The van der Waals surface area contributed by atoms with Gasteiger partial charge in [0, 0.05) is 6.54 Å². The first-order chi connectivity index (χ1) is 5.31. The number of hydrogen-bond donors (Lipinski definition) is 1. The highest BCUT2D eigenvalue weighted by atomic mass is 32.2. The summed E-state index contributed by atoms with van der Waals surface area (Å²) >= 11 is 1.52. The number of aliphatic imine (C=N–C) groups is 1. The molecule has 0 rings (SSSR count). The molecule has 0 radical (unpaired) electrons. The van der Waals surface area contributed by atoms with Gasteiger partial charge in [-0.25, -0.2) is 0 Å². The van der Waals surface area contributed by atoms with Crippen molar-refractivity contribution in [1.82, 2.24) is 0 Å². The monoisotopic (exact) mass is 174 g/mol. The molecular formula is C8H18N2S. The molecule has 0 aromatic rings. The van der Waals surface area contributed by atoms with Gasteiger partial charge in [0.25, 0.3) is 0 Å². The lowest BCUT2D eigenvalue weighted by molar-refractivity contribution is 0.675. The van der Waals surface area contributed by atoms with Gasteiger partial charge in [-0.2, -0.15) is 0 Å². The minimum Gasteiger partial charge on any atom is -0.379 e. The molecular weight excluding hydrogens is 156 g/mol. The zero-order chi connectivity index (χ0) is 8.53. The van der Waals surface area contributed by atoms with E-state index in [1.54, 1.807) is 0 Å². The third-order valence-corrected chi connectivity index (χ3v) is 2.04. The number of thioether (sulfide) groups is 1. The summed E-state index contributed by atoms with van der Waals surface area (Å²) in [6.45, 7) is 3.10. The minimum absolute atomic E-state index is 0.710. The van der Waals surface area contributed by atoms with Crippen LogP contribution in [-0.4, -0.2) is 18.0 Å². The van der Waals surface area contributed by atoms with Crippen LogP contribution < -0.4 is 5.73 Å². The molecule has 0 saturated carbocycles. The van der Waals surface area contributed by atoms with Crippen molar-refractivity contribution in [2.75, 3.05) is 12.8 Å². The van der Waals surface area contributed by atoms with Crippen LogP contribution in [0.1, 0.15) is 32.6 Å². The summed E-state index contributed by atoms with van der Waals surface area (Å²) in [5.41, 5.74) is 5.50. The van der Waals surface area contributed by atoms with Gasteiger partial charge in [0.2, 0.25) is 0 Å². The van der Waals surface area contributed by atoms with E-state index in [4.69, 9.17) is 5.73 Å². The fourth-order valence-corrected chi connectivity index (χ4v) is 1.01. The van der Waals surface area contributed by atoms with E-state index >= 15 is 0 Å². The van der Waals surface area contributed by atoms with Crippen molar-refractivity contribution in [2.24, 2.45) is 10.7 Å². The lowest BCUT2D eigenvalue weighted by Gasteiger charge is -1.96. The Labute approximate surface area is 73.7 Å². The molecule has 0 aliphatic rings. The van der Waals surface area contributed by atoms with Crippen molar-refractivity contribution in [3.8, 4) is 0 Å². The van der Waals surface area contributed by atoms with E-state index in [1.807, 2.05) is 6.26 Å². The summed E-state index contributed by atoms with van der Waals surface area (Å²) < 4.78 is 0. The first-order valence-electron chi connectivity index (χ1n) is 4.15. The first-order valence-corrected chi connectivity index (χ1v) is 5.37. The molecule has 2 nitrogen and oxygen atoms in total. The average molecular weight is 174 g/mol. The lowest BCUT2D eigenvalue weighted by Crippen LogP contribution is -2.06. The third kappa shape index (κ3) is 7.72. The van der Waals surface area contributed by atoms with Gasteiger partial charge < -0.3 is 5.73 Å². The number of rotatable bonds is 5. The smallest absolute Gasteiger partial charge is 0.153 e. The standard InChI is InChI=1S/C8H18N2S/c1-3-4-5-6-7-10-8(9)11-2/h3-7H2,1-2H3,(H2,9,10). The second kappa shape index (κ2) is 7.92. The Morgan fingerprint density at radius 3 is 2.64 bits per heavy atom. The minimum atomic E-state index is 0.710. The van der Waals surface area contributed by atoms with Crippen LogP contribution in [0.4, 0.5) is 0 Å². The number of unbranched alkanes of at least 4 members (excludes halogenated alkanes) is 3. The van der Waals surface area contributed by atoms with Gasteiger partial charge in [-0.15, -0.1) is 0 Å². The van der Waals surface area contributed by atoms with Crippen molar-refractivity contribution in [3.63, 3.8) is 0 Å². The molecule has 0 atom stereocenters. The molecule has 0 aliphatic heterocycles. The number of nitrogens with two attached hydrogens (primary N) is 1. The maximum atomic E-state index is 5.50. The summed E-state index contributed by atoms with van der Waals surface area (Å²) in [5.74, 6) is 0. The van der Waals surface area contributed by atoms with Crippen LogP contribution in [0.3, 0.4) is 0 Å². The topological polar surface area (TPSA) is 38.4 Å². The summed E-state index contributed by atoms with van der Waals surface area (Å²) in [6.07, 6.45) is 7.00. The fraction of sp³-hybridized carbons (Fsp3) is 0.875. The Hall–Kier alpha value is -0.180. The second-order valence-electron chi connectivity index (χ2n) is 2.48. The van der Waals surface area contributed by atoms with E-state index in [1.165, 1.54) is 37.4 Å². The van der Waals surface area contributed by atoms with Crippen molar-refractivity contribution >= 4 is 16.9 Å². The molecule has 0 unspecified atom stereocenters. The molecule has 0 amide bonds. The van der Waals surface area contributed by atoms with E-state index in [2.05, 4.69) is 11.9 Å². The molecule has 0 saturated heterocycles. The molecule has 66 valence electrons. The molecule has 3 heteroatoms. The summed E-state index contributed by atoms with van der Waals surface area (Å²) in [5, 5.41) is 0.710. The van der Waals surface area contributed by atoms with E-state index in [0.29, 0.717) is 5.17 Å². The summed E-state index contributed by atoms with van der Waals surface area (Å²) in [7, 11) is 0. The van der Waals surface area contributed by atoms with E-state index in [-0.39, 0.29) is 0 Å². The molecule has 0 fully saturated rings. The van der Waals surface area contributed by atoms with Gasteiger partial charge in [-0.05, 0) is 12.7 Å². The van der Waals surface area contributed by atoms with Crippen molar-refractivity contribution in [3.05, 3.63) is 0 Å². The number of hydrogen-bond acceptors (Lipinski definition) is 2. The Kier molecular flexibility index (Phi) is 7.79. The lowest BCUT2D eigenvalue weighted by atomic mass is 10.2. The molecule has 0 aromatic carbocycles. The van der Waals surface area contributed by atoms with Crippen molar-refractivity contribution < 1.29 is 0 Å². The number of amidine groups is 1. The quantitative estimate of drug-likeness (QED) is 0.394. The van der Waals surface area contributed by atoms with Gasteiger partial charge >= 0.3 is 0 Å². The molecule has 0 heterocycles. The van der Waals surface area contributed by atoms with Crippen LogP contribution in [0.5, 0.6) is 0 Å². The van der Waals surface area contributed by atoms with Gasteiger partial charge in [-0.1, -0.05) is 37.9 Å². The van der Waals surface area contributed by atoms with Gasteiger partial charge in [-0.3, -0.25) is 4.99 Å². The third-order valence-electron chi connectivity index (χ3n) is 1.49. The molecule has 2 N–H and O–H groups in total. The average Bonchev–Trinajstić information content (AvgIpc) is 2.04. The molecule has 0 aliphatic carbocycles. The fourth-order valence-electron chi connectivity index (χ4n) is 0.792. The normalized spacial score (nSPS) is 12.0. The highest BCUT2D eigenvalue weighted by Gasteiger charge is 1.87. The second-order valence-corrected chi connectivity index (χ2v) is 3.31. The molecule has 0 bridgehead atoms. The first kappa shape index (κ1) is 10.8. The maximum Gasteiger partial charge on any atom is 0.153 e. The Bertz CT molecular complexity index is 113.